The van der Waals surface area contributed by atoms with Crippen molar-refractivity contribution in [3.63, 3.8) is 0 Å². The van der Waals surface area contributed by atoms with Crippen LogP contribution in [-0.2, 0) is 27.9 Å². The molecule has 0 saturated carbocycles. The number of hydrogen-bond donors (Lipinski definition) is 1. The Labute approximate surface area is 214 Å². The molecule has 0 heterocycles. The van der Waals surface area contributed by atoms with Gasteiger partial charge in [0.25, 0.3) is 0 Å². The van der Waals surface area contributed by atoms with E-state index in [1.165, 1.54) is 71.1 Å². The number of unbranched alkanes of at least 4 members (excludes halogenated alkanes) is 10. The van der Waals surface area contributed by atoms with E-state index in [1.807, 2.05) is 21.1 Å². The fourth-order valence-electron chi connectivity index (χ4n) is 3.31. The predicted molar refractivity (Wildman–Crippen MR) is 141 cm³/mol. The third-order valence-electron chi connectivity index (χ3n) is 5.38. The summed E-state index contributed by atoms with van der Waals surface area (Å²) in [5.41, 5.74) is 0. The zero-order valence-electron chi connectivity index (χ0n) is 23.0. The first kappa shape index (κ1) is 34.2. The molecule has 0 spiro atoms. The van der Waals surface area contributed by atoms with Gasteiger partial charge in [0.05, 0.1) is 34.4 Å². The number of phosphoric acid groups is 1. The van der Waals surface area contributed by atoms with Gasteiger partial charge in [-0.2, -0.15) is 0 Å². The Hall–Kier alpha value is -0.760. The van der Waals surface area contributed by atoms with E-state index in [0.29, 0.717) is 17.6 Å². The average molecular weight is 523 g/mol. The molecule has 9 heteroatoms. The van der Waals surface area contributed by atoms with Crippen LogP contribution in [0, 0.1) is 0 Å². The zero-order chi connectivity index (χ0) is 26.4. The minimum absolute atomic E-state index is 0.0852. The Morgan fingerprint density at radius 3 is 2.00 bits per heavy atom. The lowest BCUT2D eigenvalue weighted by molar-refractivity contribution is -0.870. The highest BCUT2D eigenvalue weighted by Gasteiger charge is 2.25. The van der Waals surface area contributed by atoms with Crippen molar-refractivity contribution in [2.45, 2.75) is 97.0 Å². The van der Waals surface area contributed by atoms with E-state index >= 15 is 0 Å². The summed E-state index contributed by atoms with van der Waals surface area (Å²) in [5, 5.41) is 0. The summed E-state index contributed by atoms with van der Waals surface area (Å²) >= 11 is 0. The normalized spacial score (nSPS) is 14.8. The number of carbonyl (C=O) groups is 1. The lowest BCUT2D eigenvalue weighted by Crippen LogP contribution is -2.37. The van der Waals surface area contributed by atoms with Crippen LogP contribution in [0.15, 0.2) is 12.2 Å². The van der Waals surface area contributed by atoms with Crippen LogP contribution in [-0.4, -0.2) is 75.6 Å². The van der Waals surface area contributed by atoms with Crippen LogP contribution < -0.4 is 0 Å². The van der Waals surface area contributed by atoms with Crippen LogP contribution >= 0.6 is 7.82 Å². The lowest BCUT2D eigenvalue weighted by Gasteiger charge is -2.24. The Balaban J connectivity index is 3.83. The summed E-state index contributed by atoms with van der Waals surface area (Å²) in [6.07, 6.45) is 18.5. The number of likely N-dealkylation sites (N-methyl/N-ethyl adjacent to an activating group) is 1. The SMILES string of the molecule is CCCCCC/C=C\CCCCCCCCOC[C@H](COP(=O)(O)OCC[N+](C)(C)C)OC(C)=O. The van der Waals surface area contributed by atoms with Crippen LogP contribution in [0.1, 0.15) is 90.9 Å². The maximum Gasteiger partial charge on any atom is 0.472 e. The van der Waals surface area contributed by atoms with Crippen LogP contribution in [0.3, 0.4) is 0 Å². The fourth-order valence-corrected chi connectivity index (χ4v) is 4.05. The highest BCUT2D eigenvalue weighted by atomic mass is 31.2. The van der Waals surface area contributed by atoms with E-state index in [1.54, 1.807) is 0 Å². The van der Waals surface area contributed by atoms with Crippen molar-refractivity contribution in [3.05, 3.63) is 12.2 Å². The van der Waals surface area contributed by atoms with Gasteiger partial charge in [0.15, 0.2) is 0 Å². The number of hydrogen-bond acceptors (Lipinski definition) is 6. The number of quaternary nitrogens is 1. The molecule has 0 radical (unpaired) electrons. The molecule has 0 aliphatic heterocycles. The van der Waals surface area contributed by atoms with Gasteiger partial charge in [-0.1, -0.05) is 64.0 Å². The minimum Gasteiger partial charge on any atom is -0.458 e. The lowest BCUT2D eigenvalue weighted by atomic mass is 10.1. The minimum atomic E-state index is -4.21. The first-order valence-electron chi connectivity index (χ1n) is 13.4. The average Bonchev–Trinajstić information content (AvgIpc) is 2.75. The zero-order valence-corrected chi connectivity index (χ0v) is 23.9. The molecule has 208 valence electrons. The quantitative estimate of drug-likeness (QED) is 0.0544. The summed E-state index contributed by atoms with van der Waals surface area (Å²) in [6.45, 7) is 4.57. The second-order valence-corrected chi connectivity index (χ2v) is 11.6. The van der Waals surface area contributed by atoms with Crippen LogP contribution in [0.2, 0.25) is 0 Å². The summed E-state index contributed by atoms with van der Waals surface area (Å²) in [5.74, 6) is -0.493. The van der Waals surface area contributed by atoms with Crippen LogP contribution in [0.4, 0.5) is 0 Å². The molecule has 1 N–H and O–H groups in total. The molecule has 0 aromatic heterocycles. The third kappa shape index (κ3) is 26.1. The van der Waals surface area contributed by atoms with Crippen molar-refractivity contribution in [1.29, 1.82) is 0 Å². The van der Waals surface area contributed by atoms with Gasteiger partial charge < -0.3 is 18.9 Å². The van der Waals surface area contributed by atoms with Crippen molar-refractivity contribution in [1.82, 2.24) is 0 Å². The second-order valence-electron chi connectivity index (χ2n) is 10.1. The number of ether oxygens (including phenoxy) is 2. The van der Waals surface area contributed by atoms with Crippen molar-refractivity contribution >= 4 is 13.8 Å². The van der Waals surface area contributed by atoms with Gasteiger partial charge in [-0.3, -0.25) is 13.8 Å². The molecule has 35 heavy (non-hydrogen) atoms. The molecule has 1 unspecified atom stereocenters. The molecular formula is C26H53NO7P+. The Morgan fingerprint density at radius 2 is 1.43 bits per heavy atom. The number of esters is 1. The smallest absolute Gasteiger partial charge is 0.458 e. The third-order valence-corrected chi connectivity index (χ3v) is 6.36. The molecule has 0 aliphatic carbocycles. The Morgan fingerprint density at radius 1 is 0.857 bits per heavy atom. The number of nitrogens with zero attached hydrogens (tertiary/aromatic N) is 1. The van der Waals surface area contributed by atoms with Gasteiger partial charge in [-0.15, -0.1) is 0 Å². The fraction of sp³-hybridized carbons (Fsp3) is 0.885. The Bertz CT molecular complexity index is 593. The van der Waals surface area contributed by atoms with E-state index < -0.39 is 19.9 Å². The van der Waals surface area contributed by atoms with Gasteiger partial charge in [0, 0.05) is 13.5 Å². The highest BCUT2D eigenvalue weighted by molar-refractivity contribution is 7.47. The topological polar surface area (TPSA) is 91.3 Å². The molecule has 0 aliphatic rings. The molecular weight excluding hydrogens is 469 g/mol. The monoisotopic (exact) mass is 522 g/mol. The Kier molecular flexibility index (Phi) is 20.9. The number of allylic oxidation sites excluding steroid dienone is 2. The molecule has 0 saturated heterocycles. The van der Waals surface area contributed by atoms with Crippen LogP contribution in [0.25, 0.3) is 0 Å². The molecule has 0 rings (SSSR count). The maximum atomic E-state index is 12.0. The molecule has 0 fully saturated rings. The molecule has 0 aromatic rings. The van der Waals surface area contributed by atoms with Crippen molar-refractivity contribution < 1.29 is 37.3 Å². The standard InChI is InChI=1S/C26H52NO7P/c1-6-7-8-9-10-11-12-13-14-15-16-17-18-19-21-31-23-26(34-25(2)28)24-33-35(29,30)32-22-20-27(3,4)5/h11-12,26H,6-10,13-24H2,1-5H3/p+1/b12-11-/t26-/m1/s1. The summed E-state index contributed by atoms with van der Waals surface area (Å²) in [7, 11) is 1.65. The van der Waals surface area contributed by atoms with E-state index in [-0.39, 0.29) is 19.8 Å². The first-order valence-corrected chi connectivity index (χ1v) is 14.9. The molecule has 2 atom stereocenters. The summed E-state index contributed by atoms with van der Waals surface area (Å²) in [6, 6.07) is 0. The van der Waals surface area contributed by atoms with E-state index in [0.717, 1.165) is 12.8 Å². The van der Waals surface area contributed by atoms with E-state index in [4.69, 9.17) is 18.5 Å². The predicted octanol–water partition coefficient (Wildman–Crippen LogP) is 6.03. The largest absolute Gasteiger partial charge is 0.472 e. The van der Waals surface area contributed by atoms with E-state index in [2.05, 4.69) is 19.1 Å². The molecule has 0 amide bonds. The molecule has 0 bridgehead atoms. The number of carbonyl (C=O) groups excluding carboxylic acids is 1. The van der Waals surface area contributed by atoms with Crippen molar-refractivity contribution in [2.75, 3.05) is 54.1 Å². The van der Waals surface area contributed by atoms with Gasteiger partial charge in [0.2, 0.25) is 0 Å². The number of phosphoric ester groups is 1. The van der Waals surface area contributed by atoms with Gasteiger partial charge in [-0.25, -0.2) is 4.57 Å². The highest BCUT2D eigenvalue weighted by Crippen LogP contribution is 2.43. The number of rotatable bonds is 24. The summed E-state index contributed by atoms with van der Waals surface area (Å²) < 4.78 is 33.4. The van der Waals surface area contributed by atoms with Crippen LogP contribution in [0.5, 0.6) is 0 Å². The van der Waals surface area contributed by atoms with Crippen molar-refractivity contribution in [2.24, 2.45) is 0 Å². The summed E-state index contributed by atoms with van der Waals surface area (Å²) in [4.78, 5) is 21.2. The first-order chi connectivity index (χ1) is 16.6. The van der Waals surface area contributed by atoms with Gasteiger partial charge in [0.1, 0.15) is 19.3 Å². The van der Waals surface area contributed by atoms with Crippen molar-refractivity contribution in [3.8, 4) is 0 Å². The molecule has 0 aromatic carbocycles. The van der Waals surface area contributed by atoms with Gasteiger partial charge >= 0.3 is 13.8 Å². The van der Waals surface area contributed by atoms with E-state index in [9.17, 15) is 14.3 Å². The maximum absolute atomic E-state index is 12.0. The second kappa shape index (κ2) is 21.3. The molecule has 8 nitrogen and oxygen atoms in total. The van der Waals surface area contributed by atoms with Gasteiger partial charge in [-0.05, 0) is 32.1 Å².